The van der Waals surface area contributed by atoms with Crippen molar-refractivity contribution in [3.63, 3.8) is 0 Å². The van der Waals surface area contributed by atoms with E-state index >= 15 is 0 Å². The number of fused-ring (bicyclic) bond motifs is 3. The van der Waals surface area contributed by atoms with Crippen molar-refractivity contribution in [2.24, 2.45) is 0 Å². The minimum atomic E-state index is -4.48. The van der Waals surface area contributed by atoms with Gasteiger partial charge in [0.05, 0.1) is 22.6 Å². The molecule has 0 fully saturated rings. The second kappa shape index (κ2) is 8.11. The van der Waals surface area contributed by atoms with E-state index in [0.717, 1.165) is 46.7 Å². The van der Waals surface area contributed by atoms with Crippen LogP contribution in [-0.2, 0) is 6.18 Å². The molecule has 5 aromatic rings. The molecule has 9 heteroatoms. The van der Waals surface area contributed by atoms with Crippen molar-refractivity contribution in [2.75, 3.05) is 0 Å². The number of para-hydroxylation sites is 1. The van der Waals surface area contributed by atoms with Crippen molar-refractivity contribution >= 4 is 27.6 Å². The molecule has 0 bridgehead atoms. The van der Waals surface area contributed by atoms with Gasteiger partial charge in [-0.1, -0.05) is 18.2 Å². The number of non-ortho nitro benzene ring substituents is 1. The number of hydrogen-bond donors (Lipinski definition) is 0. The molecule has 0 unspecified atom stereocenters. The van der Waals surface area contributed by atoms with Crippen LogP contribution in [0.2, 0.25) is 0 Å². The summed E-state index contributed by atoms with van der Waals surface area (Å²) in [5.74, 6) is 0.621. The van der Waals surface area contributed by atoms with Crippen LogP contribution in [0.5, 0.6) is 23.0 Å². The van der Waals surface area contributed by atoms with E-state index in [-0.39, 0.29) is 22.9 Å². The molecule has 0 atom stereocenters. The van der Waals surface area contributed by atoms with Crippen molar-refractivity contribution in [1.82, 2.24) is 0 Å². The molecule has 0 radical (unpaired) electrons. The van der Waals surface area contributed by atoms with Crippen LogP contribution in [-0.4, -0.2) is 4.92 Å². The third-order valence-electron chi connectivity index (χ3n) is 5.08. The average molecular weight is 465 g/mol. The Labute approximate surface area is 189 Å². The van der Waals surface area contributed by atoms with E-state index in [1.54, 1.807) is 12.1 Å². The van der Waals surface area contributed by atoms with E-state index in [4.69, 9.17) is 13.9 Å². The molecule has 0 amide bonds. The smallest absolute Gasteiger partial charge is 0.416 e. The highest BCUT2D eigenvalue weighted by atomic mass is 19.4. The lowest BCUT2D eigenvalue weighted by Crippen LogP contribution is -2.04. The Morgan fingerprint density at radius 3 is 2.00 bits per heavy atom. The Kier molecular flexibility index (Phi) is 5.09. The van der Waals surface area contributed by atoms with Gasteiger partial charge in [-0.2, -0.15) is 13.2 Å². The average Bonchev–Trinajstić information content (AvgIpc) is 3.16. The number of rotatable bonds is 5. The largest absolute Gasteiger partial charge is 0.457 e. The summed E-state index contributed by atoms with van der Waals surface area (Å²) in [5.41, 5.74) is 0.177. The van der Waals surface area contributed by atoms with Crippen LogP contribution in [0.3, 0.4) is 0 Å². The Morgan fingerprint density at radius 1 is 0.706 bits per heavy atom. The van der Waals surface area contributed by atoms with Gasteiger partial charge in [0.25, 0.3) is 5.69 Å². The molecule has 0 saturated carbocycles. The zero-order valence-electron chi connectivity index (χ0n) is 17.2. The van der Waals surface area contributed by atoms with Crippen molar-refractivity contribution in [1.29, 1.82) is 0 Å². The Bertz CT molecular complexity index is 1520. The highest BCUT2D eigenvalue weighted by Gasteiger charge is 2.30. The van der Waals surface area contributed by atoms with Crippen molar-refractivity contribution < 1.29 is 32.0 Å². The number of hydrogen-bond acceptors (Lipinski definition) is 5. The fourth-order valence-electron chi connectivity index (χ4n) is 3.53. The highest BCUT2D eigenvalue weighted by Crippen LogP contribution is 2.37. The number of halogens is 3. The second-order valence-corrected chi connectivity index (χ2v) is 7.40. The maximum Gasteiger partial charge on any atom is 0.416 e. The summed E-state index contributed by atoms with van der Waals surface area (Å²) >= 11 is 0. The van der Waals surface area contributed by atoms with Crippen LogP contribution in [0.25, 0.3) is 21.9 Å². The Hall–Kier alpha value is -4.53. The molecule has 6 nitrogen and oxygen atoms in total. The van der Waals surface area contributed by atoms with Gasteiger partial charge in [-0.3, -0.25) is 10.1 Å². The summed E-state index contributed by atoms with van der Waals surface area (Å²) in [7, 11) is 0. The van der Waals surface area contributed by atoms with Crippen LogP contribution in [0.4, 0.5) is 18.9 Å². The van der Waals surface area contributed by atoms with E-state index < -0.39 is 16.7 Å². The Balaban J connectivity index is 1.44. The van der Waals surface area contributed by atoms with Crippen LogP contribution < -0.4 is 9.47 Å². The molecule has 0 spiro atoms. The fraction of sp³-hybridized carbons (Fsp3) is 0.0400. The van der Waals surface area contributed by atoms with Crippen LogP contribution in [0.15, 0.2) is 89.3 Å². The summed E-state index contributed by atoms with van der Waals surface area (Å²) in [5, 5.41) is 13.2. The summed E-state index contributed by atoms with van der Waals surface area (Å²) in [6.45, 7) is 0. The van der Waals surface area contributed by atoms with Gasteiger partial charge in [0.1, 0.15) is 34.2 Å². The first-order valence-corrected chi connectivity index (χ1v) is 10.00. The maximum atomic E-state index is 12.8. The Morgan fingerprint density at radius 2 is 1.32 bits per heavy atom. The molecule has 0 aliphatic heterocycles. The van der Waals surface area contributed by atoms with E-state index in [1.807, 2.05) is 30.3 Å². The van der Waals surface area contributed by atoms with Crippen molar-refractivity contribution in [3.05, 3.63) is 101 Å². The summed E-state index contributed by atoms with van der Waals surface area (Å²) < 4.78 is 55.5. The number of nitrogens with zero attached hydrogens (tertiary/aromatic N) is 1. The van der Waals surface area contributed by atoms with Crippen LogP contribution in [0.1, 0.15) is 5.56 Å². The third-order valence-corrected chi connectivity index (χ3v) is 5.08. The van der Waals surface area contributed by atoms with Crippen LogP contribution in [0, 0.1) is 10.1 Å². The molecule has 0 aliphatic carbocycles. The minimum Gasteiger partial charge on any atom is -0.457 e. The van der Waals surface area contributed by atoms with Gasteiger partial charge in [0, 0.05) is 22.9 Å². The number of alkyl halides is 3. The highest BCUT2D eigenvalue weighted by molar-refractivity contribution is 6.05. The van der Waals surface area contributed by atoms with Gasteiger partial charge in [0.2, 0.25) is 0 Å². The quantitative estimate of drug-likeness (QED) is 0.194. The molecule has 1 aromatic heterocycles. The second-order valence-electron chi connectivity index (χ2n) is 7.40. The number of nitro benzene ring substituents is 1. The first kappa shape index (κ1) is 21.3. The maximum absolute atomic E-state index is 12.8. The van der Waals surface area contributed by atoms with Crippen molar-refractivity contribution in [3.8, 4) is 23.0 Å². The molecule has 4 aromatic carbocycles. The van der Waals surface area contributed by atoms with Gasteiger partial charge in [-0.15, -0.1) is 0 Å². The lowest BCUT2D eigenvalue weighted by Gasteiger charge is -2.11. The van der Waals surface area contributed by atoms with Gasteiger partial charge in [0.15, 0.2) is 0 Å². The molecule has 0 aliphatic rings. The number of ether oxygens (including phenoxy) is 2. The first-order valence-electron chi connectivity index (χ1n) is 10.00. The third kappa shape index (κ3) is 4.23. The lowest BCUT2D eigenvalue weighted by atomic mass is 10.1. The zero-order chi connectivity index (χ0) is 23.9. The summed E-state index contributed by atoms with van der Waals surface area (Å²) in [4.78, 5) is 10.8. The SMILES string of the molecule is O=[N+]([O-])c1cc(Oc2ccc(C(F)(F)F)cc2)cc(Oc2ccc3c(c2)oc2ccccc23)c1. The monoisotopic (exact) mass is 465 g/mol. The normalized spacial score (nSPS) is 11.6. The first-order chi connectivity index (χ1) is 16.3. The van der Waals surface area contributed by atoms with Crippen LogP contribution >= 0.6 is 0 Å². The van der Waals surface area contributed by atoms with E-state index in [9.17, 15) is 23.3 Å². The molecule has 0 saturated heterocycles. The molecule has 1 heterocycles. The van der Waals surface area contributed by atoms with E-state index in [0.29, 0.717) is 11.3 Å². The van der Waals surface area contributed by atoms with E-state index in [2.05, 4.69) is 0 Å². The van der Waals surface area contributed by atoms with E-state index in [1.165, 1.54) is 12.1 Å². The molecular formula is C25H14F3NO5. The topological polar surface area (TPSA) is 74.7 Å². The molecule has 170 valence electrons. The number of furan rings is 1. The number of nitro groups is 1. The number of benzene rings is 4. The summed E-state index contributed by atoms with van der Waals surface area (Å²) in [6.07, 6.45) is -4.48. The van der Waals surface area contributed by atoms with Gasteiger partial charge in [-0.25, -0.2) is 0 Å². The predicted octanol–water partition coefficient (Wildman–Crippen LogP) is 8.10. The fourth-order valence-corrected chi connectivity index (χ4v) is 3.53. The van der Waals surface area contributed by atoms with Crippen molar-refractivity contribution in [2.45, 2.75) is 6.18 Å². The predicted molar refractivity (Wildman–Crippen MR) is 118 cm³/mol. The summed E-state index contributed by atoms with van der Waals surface area (Å²) in [6, 6.07) is 20.6. The van der Waals surface area contributed by atoms with Gasteiger partial charge < -0.3 is 13.9 Å². The minimum absolute atomic E-state index is 0.0359. The molecular weight excluding hydrogens is 451 g/mol. The molecule has 34 heavy (non-hydrogen) atoms. The molecule has 5 rings (SSSR count). The zero-order valence-corrected chi connectivity index (χ0v) is 17.2. The van der Waals surface area contributed by atoms with Gasteiger partial charge in [-0.05, 0) is 42.5 Å². The molecule has 0 N–H and O–H groups in total. The van der Waals surface area contributed by atoms with Gasteiger partial charge >= 0.3 is 6.18 Å². The standard InChI is InChI=1S/C25H14F3NO5/c26-25(27,28)15-5-7-17(8-6-15)32-19-11-16(29(30)31)12-20(13-19)33-18-9-10-22-21-3-1-2-4-23(21)34-24(22)14-18/h1-14H. The lowest BCUT2D eigenvalue weighted by molar-refractivity contribution is -0.385.